The van der Waals surface area contributed by atoms with E-state index in [1.807, 2.05) is 30.3 Å². The molecule has 1 aliphatic rings. The largest absolute Gasteiger partial charge is 0.334 e. The van der Waals surface area contributed by atoms with E-state index < -0.39 is 5.54 Å². The zero-order chi connectivity index (χ0) is 10.2. The summed E-state index contributed by atoms with van der Waals surface area (Å²) >= 11 is 0. The highest BCUT2D eigenvalue weighted by Gasteiger charge is 2.44. The van der Waals surface area contributed by atoms with Crippen LogP contribution < -0.4 is 5.73 Å². The Morgan fingerprint density at radius 2 is 2.07 bits per heavy atom. The molecule has 3 heteroatoms. The summed E-state index contributed by atoms with van der Waals surface area (Å²) in [5.74, 6) is 0.0429. The minimum Gasteiger partial charge on any atom is -0.334 e. The van der Waals surface area contributed by atoms with Crippen molar-refractivity contribution < 1.29 is 4.79 Å². The van der Waals surface area contributed by atoms with Crippen LogP contribution in [-0.4, -0.2) is 22.9 Å². The summed E-state index contributed by atoms with van der Waals surface area (Å²) in [6, 6.07) is 9.94. The molecule has 3 nitrogen and oxygen atoms in total. The molecule has 0 spiro atoms. The van der Waals surface area contributed by atoms with Gasteiger partial charge in [-0.1, -0.05) is 30.3 Å². The second-order valence-electron chi connectivity index (χ2n) is 4.06. The van der Waals surface area contributed by atoms with Gasteiger partial charge in [-0.15, -0.1) is 0 Å². The minimum absolute atomic E-state index is 0.0429. The average Bonchev–Trinajstić information content (AvgIpc) is 2.18. The van der Waals surface area contributed by atoms with Gasteiger partial charge in [0.05, 0.1) is 0 Å². The molecule has 1 heterocycles. The Morgan fingerprint density at radius 3 is 2.57 bits per heavy atom. The van der Waals surface area contributed by atoms with Crippen LogP contribution in [0, 0.1) is 0 Å². The second kappa shape index (κ2) is 3.10. The molecule has 0 aliphatic carbocycles. The van der Waals surface area contributed by atoms with Crippen LogP contribution in [0.5, 0.6) is 0 Å². The van der Waals surface area contributed by atoms with E-state index in [0.717, 1.165) is 5.56 Å². The summed E-state index contributed by atoms with van der Waals surface area (Å²) in [5.41, 5.74) is 6.24. The predicted molar refractivity (Wildman–Crippen MR) is 54.5 cm³/mol. The lowest BCUT2D eigenvalue weighted by molar-refractivity contribution is -0.150. The molecule has 0 aromatic heterocycles. The first-order valence-corrected chi connectivity index (χ1v) is 4.72. The van der Waals surface area contributed by atoms with Crippen molar-refractivity contribution in [2.45, 2.75) is 19.0 Å². The van der Waals surface area contributed by atoms with Crippen molar-refractivity contribution >= 4 is 5.91 Å². The normalized spacial score (nSPS) is 26.1. The molecule has 2 rings (SSSR count). The van der Waals surface area contributed by atoms with Crippen LogP contribution in [0.15, 0.2) is 30.3 Å². The first-order chi connectivity index (χ1) is 6.59. The van der Waals surface area contributed by atoms with Gasteiger partial charge in [-0.3, -0.25) is 4.79 Å². The van der Waals surface area contributed by atoms with Gasteiger partial charge in [0.15, 0.2) is 0 Å². The highest BCUT2D eigenvalue weighted by atomic mass is 16.2. The van der Waals surface area contributed by atoms with Crippen LogP contribution in [0.3, 0.4) is 0 Å². The average molecular weight is 190 g/mol. The highest BCUT2D eigenvalue weighted by molar-refractivity contribution is 5.91. The molecule has 74 valence electrons. The number of carbonyl (C=O) groups excluding carboxylic acids is 1. The molecule has 1 aromatic rings. The Hall–Kier alpha value is -1.35. The van der Waals surface area contributed by atoms with E-state index in [1.165, 1.54) is 0 Å². The van der Waals surface area contributed by atoms with Gasteiger partial charge in [0, 0.05) is 13.1 Å². The maximum absolute atomic E-state index is 11.5. The topological polar surface area (TPSA) is 46.3 Å². The highest BCUT2D eigenvalue weighted by Crippen LogP contribution is 2.21. The first-order valence-electron chi connectivity index (χ1n) is 4.72. The molecular formula is C11H14N2O. The molecule has 1 aliphatic heterocycles. The van der Waals surface area contributed by atoms with Crippen LogP contribution in [-0.2, 0) is 11.3 Å². The summed E-state index contributed by atoms with van der Waals surface area (Å²) in [5, 5.41) is 0. The lowest BCUT2D eigenvalue weighted by Crippen LogP contribution is -2.69. The van der Waals surface area contributed by atoms with Crippen LogP contribution in [0.25, 0.3) is 0 Å². The number of hydrogen-bond donors (Lipinski definition) is 1. The second-order valence-corrected chi connectivity index (χ2v) is 4.06. The van der Waals surface area contributed by atoms with Crippen molar-refractivity contribution in [2.24, 2.45) is 5.73 Å². The zero-order valence-electron chi connectivity index (χ0n) is 8.23. The third-order valence-corrected chi connectivity index (χ3v) is 2.51. The van der Waals surface area contributed by atoms with Gasteiger partial charge in [0.1, 0.15) is 5.54 Å². The van der Waals surface area contributed by atoms with Crippen molar-refractivity contribution in [3.05, 3.63) is 35.9 Å². The number of amides is 1. The lowest BCUT2D eigenvalue weighted by atomic mass is 9.92. The monoisotopic (exact) mass is 190 g/mol. The van der Waals surface area contributed by atoms with Crippen LogP contribution in [0.4, 0.5) is 0 Å². The number of rotatable bonds is 2. The Bertz CT molecular complexity index is 346. The third-order valence-electron chi connectivity index (χ3n) is 2.51. The fourth-order valence-corrected chi connectivity index (χ4v) is 1.74. The summed E-state index contributed by atoms with van der Waals surface area (Å²) in [6.45, 7) is 3.10. The molecule has 1 saturated heterocycles. The molecule has 1 unspecified atom stereocenters. The van der Waals surface area contributed by atoms with E-state index in [-0.39, 0.29) is 5.91 Å². The van der Waals surface area contributed by atoms with Gasteiger partial charge >= 0.3 is 0 Å². The number of hydrogen-bond acceptors (Lipinski definition) is 2. The van der Waals surface area contributed by atoms with Crippen molar-refractivity contribution in [1.82, 2.24) is 4.90 Å². The summed E-state index contributed by atoms with van der Waals surface area (Å²) in [4.78, 5) is 13.3. The number of likely N-dealkylation sites (tertiary alicyclic amines) is 1. The molecule has 1 fully saturated rings. The molecule has 0 radical (unpaired) electrons. The molecule has 0 saturated carbocycles. The van der Waals surface area contributed by atoms with Crippen molar-refractivity contribution in [3.8, 4) is 0 Å². The van der Waals surface area contributed by atoms with E-state index in [1.54, 1.807) is 11.8 Å². The quantitative estimate of drug-likeness (QED) is 0.699. The molecule has 1 amide bonds. The van der Waals surface area contributed by atoms with E-state index in [4.69, 9.17) is 5.73 Å². The van der Waals surface area contributed by atoms with Gasteiger partial charge in [-0.2, -0.15) is 0 Å². The van der Waals surface area contributed by atoms with Gasteiger partial charge in [-0.25, -0.2) is 0 Å². The van der Waals surface area contributed by atoms with Gasteiger partial charge < -0.3 is 10.6 Å². The maximum Gasteiger partial charge on any atom is 0.244 e. The van der Waals surface area contributed by atoms with E-state index in [0.29, 0.717) is 13.1 Å². The van der Waals surface area contributed by atoms with Crippen molar-refractivity contribution in [2.75, 3.05) is 6.54 Å². The van der Waals surface area contributed by atoms with E-state index >= 15 is 0 Å². The Morgan fingerprint density at radius 1 is 1.43 bits per heavy atom. The number of β-lactam (4-membered cyclic amide) rings is 1. The minimum atomic E-state index is -0.630. The number of benzene rings is 1. The fourth-order valence-electron chi connectivity index (χ4n) is 1.74. The third kappa shape index (κ3) is 1.51. The van der Waals surface area contributed by atoms with Crippen LogP contribution >= 0.6 is 0 Å². The SMILES string of the molecule is CC1(N)CN(Cc2ccccc2)C1=O. The molecular weight excluding hydrogens is 176 g/mol. The summed E-state index contributed by atoms with van der Waals surface area (Å²) in [6.07, 6.45) is 0. The molecule has 14 heavy (non-hydrogen) atoms. The number of nitrogens with two attached hydrogens (primary N) is 1. The first kappa shape index (κ1) is 9.21. The van der Waals surface area contributed by atoms with Crippen molar-refractivity contribution in [3.63, 3.8) is 0 Å². The van der Waals surface area contributed by atoms with Gasteiger partial charge in [0.2, 0.25) is 5.91 Å². The smallest absolute Gasteiger partial charge is 0.244 e. The zero-order valence-corrected chi connectivity index (χ0v) is 8.23. The van der Waals surface area contributed by atoms with Gasteiger partial charge in [0.25, 0.3) is 0 Å². The Kier molecular flexibility index (Phi) is 2.04. The molecule has 1 aromatic carbocycles. The van der Waals surface area contributed by atoms with Crippen LogP contribution in [0.2, 0.25) is 0 Å². The number of carbonyl (C=O) groups is 1. The standard InChI is InChI=1S/C11H14N2O/c1-11(12)8-13(10(11)14)7-9-5-3-2-4-6-9/h2-6H,7-8,12H2,1H3. The maximum atomic E-state index is 11.5. The molecule has 1 atom stereocenters. The fraction of sp³-hybridized carbons (Fsp3) is 0.364. The number of nitrogens with zero attached hydrogens (tertiary/aromatic N) is 1. The van der Waals surface area contributed by atoms with Crippen LogP contribution in [0.1, 0.15) is 12.5 Å². The molecule has 0 bridgehead atoms. The van der Waals surface area contributed by atoms with Gasteiger partial charge in [-0.05, 0) is 12.5 Å². The Labute approximate surface area is 83.5 Å². The van der Waals surface area contributed by atoms with E-state index in [2.05, 4.69) is 0 Å². The summed E-state index contributed by atoms with van der Waals surface area (Å²) in [7, 11) is 0. The van der Waals surface area contributed by atoms with Crippen molar-refractivity contribution in [1.29, 1.82) is 0 Å². The molecule has 2 N–H and O–H groups in total. The lowest BCUT2D eigenvalue weighted by Gasteiger charge is -2.44. The van der Waals surface area contributed by atoms with E-state index in [9.17, 15) is 4.79 Å². The summed E-state index contributed by atoms with van der Waals surface area (Å²) < 4.78 is 0. The Balaban J connectivity index is 1.99. The predicted octanol–water partition coefficient (Wildman–Crippen LogP) is 0.746.